The molecule has 0 saturated heterocycles. The Kier molecular flexibility index (Phi) is 7.35. The van der Waals surface area contributed by atoms with Gasteiger partial charge in [0, 0.05) is 0 Å². The largest absolute Gasteiger partial charge is 0.309 e. The predicted molar refractivity (Wildman–Crippen MR) is 101 cm³/mol. The van der Waals surface area contributed by atoms with Crippen LogP contribution in [0, 0.1) is 0 Å². The van der Waals surface area contributed by atoms with Crippen molar-refractivity contribution >= 4 is 0 Å². The van der Waals surface area contributed by atoms with Crippen LogP contribution in [0.1, 0.15) is 48.8 Å². The van der Waals surface area contributed by atoms with Crippen LogP contribution in [0.5, 0.6) is 0 Å². The van der Waals surface area contributed by atoms with E-state index in [1.165, 1.54) is 36.8 Å². The highest BCUT2D eigenvalue weighted by Crippen LogP contribution is 2.26. The zero-order chi connectivity index (χ0) is 16.5. The summed E-state index contributed by atoms with van der Waals surface area (Å²) in [5.41, 5.74) is 4.55. The van der Waals surface area contributed by atoms with E-state index in [2.05, 4.69) is 80.5 Å². The molecule has 1 atom stereocenters. The van der Waals surface area contributed by atoms with Gasteiger partial charge in [0.1, 0.15) is 0 Å². The van der Waals surface area contributed by atoms with Crippen molar-refractivity contribution in [3.63, 3.8) is 0 Å². The number of benzene rings is 2. The van der Waals surface area contributed by atoms with Gasteiger partial charge < -0.3 is 4.90 Å². The first-order valence-corrected chi connectivity index (χ1v) is 8.97. The molecule has 23 heavy (non-hydrogen) atoms. The fourth-order valence-electron chi connectivity index (χ4n) is 3.16. The molecule has 0 aromatic heterocycles. The third kappa shape index (κ3) is 5.84. The Balaban J connectivity index is 2.17. The van der Waals surface area contributed by atoms with Crippen LogP contribution in [0.15, 0.2) is 54.6 Å². The Morgan fingerprint density at radius 3 is 2.17 bits per heavy atom. The van der Waals surface area contributed by atoms with E-state index in [0.29, 0.717) is 5.92 Å². The summed E-state index contributed by atoms with van der Waals surface area (Å²) < 4.78 is 0. The minimum absolute atomic E-state index is 0.598. The summed E-state index contributed by atoms with van der Waals surface area (Å²) in [6.07, 6.45) is 6.11. The molecule has 0 N–H and O–H groups in total. The summed E-state index contributed by atoms with van der Waals surface area (Å²) in [6.45, 7) is 3.41. The first-order valence-electron chi connectivity index (χ1n) is 8.97. The second-order valence-corrected chi connectivity index (χ2v) is 6.78. The van der Waals surface area contributed by atoms with E-state index in [0.717, 1.165) is 13.0 Å². The molecule has 0 aliphatic carbocycles. The lowest BCUT2D eigenvalue weighted by Gasteiger charge is -2.21. The Labute approximate surface area is 142 Å². The van der Waals surface area contributed by atoms with Gasteiger partial charge in [0.05, 0.1) is 0 Å². The summed E-state index contributed by atoms with van der Waals surface area (Å²) in [6, 6.07) is 20.0. The van der Waals surface area contributed by atoms with E-state index in [4.69, 9.17) is 0 Å². The van der Waals surface area contributed by atoms with Gasteiger partial charge >= 0.3 is 0 Å². The van der Waals surface area contributed by atoms with E-state index < -0.39 is 0 Å². The maximum Gasteiger partial charge on any atom is -0.00189 e. The van der Waals surface area contributed by atoms with Crippen LogP contribution < -0.4 is 0 Å². The van der Waals surface area contributed by atoms with Crippen LogP contribution in [0.25, 0.3) is 0 Å². The molecular weight excluding hydrogens is 278 g/mol. The molecule has 1 unspecified atom stereocenters. The normalized spacial score (nSPS) is 12.5. The van der Waals surface area contributed by atoms with Crippen molar-refractivity contribution in [3.8, 4) is 0 Å². The molecular formula is C22H31N. The number of hydrogen-bond acceptors (Lipinski definition) is 1. The van der Waals surface area contributed by atoms with E-state index in [9.17, 15) is 0 Å². The molecule has 0 radical (unpaired) electrons. The van der Waals surface area contributed by atoms with Crippen molar-refractivity contribution in [1.29, 1.82) is 0 Å². The lowest BCUT2D eigenvalue weighted by Crippen LogP contribution is -2.17. The summed E-state index contributed by atoms with van der Waals surface area (Å²) >= 11 is 0. The van der Waals surface area contributed by atoms with Gasteiger partial charge in [0.25, 0.3) is 0 Å². The summed E-state index contributed by atoms with van der Waals surface area (Å²) in [7, 11) is 4.33. The first kappa shape index (κ1) is 17.7. The van der Waals surface area contributed by atoms with Gasteiger partial charge in [-0.15, -0.1) is 0 Å². The van der Waals surface area contributed by atoms with E-state index in [1.807, 2.05) is 0 Å². The van der Waals surface area contributed by atoms with Gasteiger partial charge in [-0.05, 0) is 68.9 Å². The van der Waals surface area contributed by atoms with Crippen LogP contribution in [0.4, 0.5) is 0 Å². The Bertz CT molecular complexity index is 559. The highest BCUT2D eigenvalue weighted by molar-refractivity contribution is 5.30. The van der Waals surface area contributed by atoms with Crippen LogP contribution in [-0.2, 0) is 12.8 Å². The monoisotopic (exact) mass is 309 g/mol. The highest BCUT2D eigenvalue weighted by atomic mass is 15.0. The molecule has 124 valence electrons. The second kappa shape index (κ2) is 9.52. The van der Waals surface area contributed by atoms with E-state index in [1.54, 1.807) is 5.56 Å². The summed E-state index contributed by atoms with van der Waals surface area (Å²) in [4.78, 5) is 2.29. The quantitative estimate of drug-likeness (QED) is 0.607. The van der Waals surface area contributed by atoms with Crippen molar-refractivity contribution < 1.29 is 0 Å². The van der Waals surface area contributed by atoms with Gasteiger partial charge in [-0.2, -0.15) is 0 Å². The van der Waals surface area contributed by atoms with Gasteiger partial charge in [-0.25, -0.2) is 0 Å². The van der Waals surface area contributed by atoms with Gasteiger partial charge in [0.2, 0.25) is 0 Å². The standard InChI is InChI=1S/C22H31N/c1-4-5-11-19-14-9-10-15-21(19)18-22(16-17-23(2)3)20-12-7-6-8-13-20/h6-10,12-15,22H,4-5,11,16-18H2,1-3H3. The number of nitrogens with zero attached hydrogens (tertiary/aromatic N) is 1. The van der Waals surface area contributed by atoms with Crippen molar-refractivity contribution in [3.05, 3.63) is 71.3 Å². The molecule has 0 saturated carbocycles. The van der Waals surface area contributed by atoms with Crippen LogP contribution >= 0.6 is 0 Å². The minimum atomic E-state index is 0.598. The number of rotatable bonds is 9. The third-order valence-corrected chi connectivity index (χ3v) is 4.58. The van der Waals surface area contributed by atoms with Gasteiger partial charge in [-0.1, -0.05) is 67.9 Å². The molecule has 2 aromatic carbocycles. The molecule has 2 aromatic rings. The minimum Gasteiger partial charge on any atom is -0.309 e. The van der Waals surface area contributed by atoms with Crippen LogP contribution in [-0.4, -0.2) is 25.5 Å². The number of unbranched alkanes of at least 4 members (excludes halogenated alkanes) is 1. The molecule has 0 spiro atoms. The maximum atomic E-state index is 2.33. The molecule has 0 amide bonds. The molecule has 0 aliphatic rings. The lowest BCUT2D eigenvalue weighted by molar-refractivity contribution is 0.379. The SMILES string of the molecule is CCCCc1ccccc1CC(CCN(C)C)c1ccccc1. The summed E-state index contributed by atoms with van der Waals surface area (Å²) in [5, 5.41) is 0. The van der Waals surface area contributed by atoms with E-state index >= 15 is 0 Å². The lowest BCUT2D eigenvalue weighted by atomic mass is 9.86. The fourth-order valence-corrected chi connectivity index (χ4v) is 3.16. The predicted octanol–water partition coefficient (Wildman–Crippen LogP) is 5.31. The molecule has 0 aliphatic heterocycles. The number of hydrogen-bond donors (Lipinski definition) is 0. The molecule has 1 heteroatoms. The van der Waals surface area contributed by atoms with Crippen molar-refractivity contribution in [1.82, 2.24) is 4.90 Å². The Morgan fingerprint density at radius 1 is 0.870 bits per heavy atom. The Morgan fingerprint density at radius 2 is 1.52 bits per heavy atom. The molecule has 2 rings (SSSR count). The molecule has 0 bridgehead atoms. The zero-order valence-corrected chi connectivity index (χ0v) is 15.0. The molecule has 0 fully saturated rings. The fraction of sp³-hybridized carbons (Fsp3) is 0.455. The zero-order valence-electron chi connectivity index (χ0n) is 15.0. The summed E-state index contributed by atoms with van der Waals surface area (Å²) in [5.74, 6) is 0.598. The molecule has 0 heterocycles. The van der Waals surface area contributed by atoms with E-state index in [-0.39, 0.29) is 0 Å². The average molecular weight is 309 g/mol. The average Bonchev–Trinajstić information content (AvgIpc) is 2.58. The van der Waals surface area contributed by atoms with Gasteiger partial charge in [0.15, 0.2) is 0 Å². The topological polar surface area (TPSA) is 3.24 Å². The van der Waals surface area contributed by atoms with Crippen molar-refractivity contribution in [2.45, 2.75) is 44.9 Å². The van der Waals surface area contributed by atoms with Crippen LogP contribution in [0.2, 0.25) is 0 Å². The Hall–Kier alpha value is -1.60. The highest BCUT2D eigenvalue weighted by Gasteiger charge is 2.14. The number of aryl methyl sites for hydroxylation is 1. The van der Waals surface area contributed by atoms with Gasteiger partial charge in [-0.3, -0.25) is 0 Å². The van der Waals surface area contributed by atoms with Crippen LogP contribution in [0.3, 0.4) is 0 Å². The molecule has 1 nitrogen and oxygen atoms in total. The van der Waals surface area contributed by atoms with Crippen molar-refractivity contribution in [2.24, 2.45) is 0 Å². The first-order chi connectivity index (χ1) is 11.2. The third-order valence-electron chi connectivity index (χ3n) is 4.58. The maximum absolute atomic E-state index is 2.33. The second-order valence-electron chi connectivity index (χ2n) is 6.78. The van der Waals surface area contributed by atoms with Crippen molar-refractivity contribution in [2.75, 3.05) is 20.6 Å². The smallest absolute Gasteiger partial charge is 0.00189 e.